The Morgan fingerprint density at radius 3 is 2.24 bits per heavy atom. The smallest absolute Gasteiger partial charge is 0.324 e. The van der Waals surface area contributed by atoms with Crippen molar-refractivity contribution < 1.29 is 27.5 Å². The molecule has 1 atom stereocenters. The number of carbonyl (C=O) groups excluding carboxylic acids is 3. The molecular weight excluding hydrogens is 398 g/mol. The zero-order valence-corrected chi connectivity index (χ0v) is 17.7. The number of esters is 1. The van der Waals surface area contributed by atoms with Crippen molar-refractivity contribution in [2.45, 2.75) is 39.8 Å². The van der Waals surface area contributed by atoms with Gasteiger partial charge in [0.1, 0.15) is 6.04 Å². The van der Waals surface area contributed by atoms with E-state index in [1.807, 2.05) is 5.32 Å². The van der Waals surface area contributed by atoms with Gasteiger partial charge in [-0.05, 0) is 31.4 Å². The molecule has 0 aliphatic carbocycles. The summed E-state index contributed by atoms with van der Waals surface area (Å²) in [7, 11) is -3.94. The van der Waals surface area contributed by atoms with Crippen LogP contribution in [-0.2, 0) is 24.3 Å². The van der Waals surface area contributed by atoms with Gasteiger partial charge < -0.3 is 10.1 Å². The van der Waals surface area contributed by atoms with E-state index in [0.29, 0.717) is 5.56 Å². The molecule has 3 N–H and O–H groups in total. The molecule has 1 aromatic rings. The third-order valence-corrected chi connectivity index (χ3v) is 4.55. The number of sulfonamides is 1. The first-order valence-corrected chi connectivity index (χ1v) is 10.6. The van der Waals surface area contributed by atoms with Crippen LogP contribution in [0.1, 0.15) is 33.3 Å². The van der Waals surface area contributed by atoms with Crippen LogP contribution in [-0.4, -0.2) is 45.0 Å². The molecule has 0 aliphatic heterocycles. The maximum absolute atomic E-state index is 12.3. The molecule has 1 unspecified atom stereocenters. The first kappa shape index (κ1) is 24.3. The van der Waals surface area contributed by atoms with E-state index in [1.165, 1.54) is 6.08 Å². The highest BCUT2D eigenvalue weighted by atomic mass is 32.2. The minimum absolute atomic E-state index is 0.172. The molecule has 0 radical (unpaired) electrons. The molecule has 9 nitrogen and oxygen atoms in total. The van der Waals surface area contributed by atoms with Crippen LogP contribution in [0.5, 0.6) is 0 Å². The van der Waals surface area contributed by atoms with E-state index in [2.05, 4.69) is 10.0 Å². The Kier molecular flexibility index (Phi) is 9.49. The molecule has 1 aromatic carbocycles. The molecule has 3 amide bonds. The molecule has 0 aromatic heterocycles. The molecular formula is C19H27N3O6S. The van der Waals surface area contributed by atoms with E-state index in [1.54, 1.807) is 58.0 Å². The highest BCUT2D eigenvalue weighted by Crippen LogP contribution is 2.08. The lowest BCUT2D eigenvalue weighted by Crippen LogP contribution is -2.47. The number of imide groups is 1. The van der Waals surface area contributed by atoms with Gasteiger partial charge in [0.25, 0.3) is 5.91 Å². The lowest BCUT2D eigenvalue weighted by molar-refractivity contribution is -0.150. The topological polar surface area (TPSA) is 131 Å². The van der Waals surface area contributed by atoms with Gasteiger partial charge in [-0.2, -0.15) is 4.72 Å². The van der Waals surface area contributed by atoms with Crippen LogP contribution in [0, 0.1) is 5.92 Å². The van der Waals surface area contributed by atoms with Crippen molar-refractivity contribution in [2.75, 3.05) is 6.61 Å². The van der Waals surface area contributed by atoms with E-state index in [9.17, 15) is 22.8 Å². The number of ether oxygens (including phenoxy) is 1. The van der Waals surface area contributed by atoms with Crippen molar-refractivity contribution in [3.8, 4) is 0 Å². The van der Waals surface area contributed by atoms with Crippen LogP contribution >= 0.6 is 0 Å². The highest BCUT2D eigenvalue weighted by Gasteiger charge is 2.28. The molecule has 160 valence electrons. The number of hydrogen-bond acceptors (Lipinski definition) is 6. The maximum Gasteiger partial charge on any atom is 0.324 e. The minimum Gasteiger partial charge on any atom is -0.454 e. The summed E-state index contributed by atoms with van der Waals surface area (Å²) in [6.07, 6.45) is 1.39. The quantitative estimate of drug-likeness (QED) is 0.512. The Labute approximate surface area is 170 Å². The number of amides is 3. The summed E-state index contributed by atoms with van der Waals surface area (Å²) in [5.41, 5.74) is 0.679. The second kappa shape index (κ2) is 11.3. The molecule has 0 saturated carbocycles. The standard InChI is InChI=1S/C19H27N3O6S/c1-13(2)17(18(24)28-12-16(23)21-19(25)20-14(3)4)22-29(26,27)11-10-15-8-6-5-7-9-15/h5-11,13-14,17,22H,12H2,1-4H3,(H2,20,21,23,25). The average molecular weight is 426 g/mol. The van der Waals surface area contributed by atoms with E-state index in [4.69, 9.17) is 4.74 Å². The lowest BCUT2D eigenvalue weighted by atomic mass is 10.1. The Bertz CT molecular complexity index is 835. The van der Waals surface area contributed by atoms with Crippen LogP contribution in [0.2, 0.25) is 0 Å². The fourth-order valence-electron chi connectivity index (χ4n) is 2.09. The molecule has 1 rings (SSSR count). The summed E-state index contributed by atoms with van der Waals surface area (Å²) >= 11 is 0. The number of nitrogens with one attached hydrogen (secondary N) is 3. The molecule has 0 bridgehead atoms. The van der Waals surface area contributed by atoms with Crippen molar-refractivity contribution in [3.05, 3.63) is 41.3 Å². The van der Waals surface area contributed by atoms with Crippen molar-refractivity contribution in [1.29, 1.82) is 0 Å². The van der Waals surface area contributed by atoms with Gasteiger partial charge >= 0.3 is 12.0 Å². The number of urea groups is 1. The van der Waals surface area contributed by atoms with Crippen molar-refractivity contribution >= 4 is 34.0 Å². The Balaban J connectivity index is 2.67. The summed E-state index contributed by atoms with van der Waals surface area (Å²) in [4.78, 5) is 35.4. The van der Waals surface area contributed by atoms with Crippen molar-refractivity contribution in [3.63, 3.8) is 0 Å². The van der Waals surface area contributed by atoms with Gasteiger partial charge in [0.15, 0.2) is 6.61 Å². The third-order valence-electron chi connectivity index (χ3n) is 3.47. The summed E-state index contributed by atoms with van der Waals surface area (Å²) in [5.74, 6) is -2.18. The molecule has 0 fully saturated rings. The molecule has 0 heterocycles. The van der Waals surface area contributed by atoms with Crippen LogP contribution in [0.25, 0.3) is 6.08 Å². The molecule has 0 aliphatic rings. The Hall–Kier alpha value is -2.72. The summed E-state index contributed by atoms with van der Waals surface area (Å²) in [6.45, 7) is 5.98. The van der Waals surface area contributed by atoms with E-state index in [0.717, 1.165) is 5.41 Å². The number of benzene rings is 1. The predicted octanol–water partition coefficient (Wildman–Crippen LogP) is 1.38. The lowest BCUT2D eigenvalue weighted by Gasteiger charge is -2.19. The van der Waals surface area contributed by atoms with Gasteiger partial charge in [-0.25, -0.2) is 13.2 Å². The number of carbonyl (C=O) groups is 3. The number of hydrogen-bond donors (Lipinski definition) is 3. The van der Waals surface area contributed by atoms with E-state index in [-0.39, 0.29) is 6.04 Å². The van der Waals surface area contributed by atoms with Gasteiger partial charge in [0.2, 0.25) is 10.0 Å². The van der Waals surface area contributed by atoms with Gasteiger partial charge in [0.05, 0.1) is 0 Å². The molecule has 10 heteroatoms. The fraction of sp³-hybridized carbons (Fsp3) is 0.421. The SMILES string of the molecule is CC(C)NC(=O)NC(=O)COC(=O)C(NS(=O)(=O)C=Cc1ccccc1)C(C)C. The summed E-state index contributed by atoms with van der Waals surface area (Å²) in [6, 6.07) is 6.71. The van der Waals surface area contributed by atoms with Crippen molar-refractivity contribution in [1.82, 2.24) is 15.4 Å². The maximum atomic E-state index is 12.3. The normalized spacial score (nSPS) is 12.8. The molecule has 29 heavy (non-hydrogen) atoms. The van der Waals surface area contributed by atoms with E-state index >= 15 is 0 Å². The minimum atomic E-state index is -3.94. The Morgan fingerprint density at radius 2 is 1.69 bits per heavy atom. The van der Waals surface area contributed by atoms with Gasteiger partial charge in [-0.15, -0.1) is 0 Å². The third kappa shape index (κ3) is 9.86. The first-order chi connectivity index (χ1) is 13.5. The molecule has 0 saturated heterocycles. The predicted molar refractivity (Wildman–Crippen MR) is 109 cm³/mol. The van der Waals surface area contributed by atoms with E-state index < -0.39 is 46.5 Å². The van der Waals surface area contributed by atoms with Crippen LogP contribution in [0.3, 0.4) is 0 Å². The zero-order chi connectivity index (χ0) is 22.0. The number of rotatable bonds is 9. The van der Waals surface area contributed by atoms with Crippen LogP contribution < -0.4 is 15.4 Å². The van der Waals surface area contributed by atoms with Gasteiger partial charge in [-0.1, -0.05) is 44.2 Å². The second-order valence-electron chi connectivity index (χ2n) is 6.88. The average Bonchev–Trinajstić information content (AvgIpc) is 2.62. The second-order valence-corrected chi connectivity index (χ2v) is 8.48. The van der Waals surface area contributed by atoms with Crippen LogP contribution in [0.15, 0.2) is 35.7 Å². The Morgan fingerprint density at radius 1 is 1.07 bits per heavy atom. The fourth-order valence-corrected chi connectivity index (χ4v) is 3.23. The van der Waals surface area contributed by atoms with Gasteiger partial charge in [0, 0.05) is 11.4 Å². The van der Waals surface area contributed by atoms with Crippen LogP contribution in [0.4, 0.5) is 4.79 Å². The monoisotopic (exact) mass is 425 g/mol. The largest absolute Gasteiger partial charge is 0.454 e. The summed E-state index contributed by atoms with van der Waals surface area (Å²) in [5, 5.41) is 5.41. The molecule has 0 spiro atoms. The first-order valence-electron chi connectivity index (χ1n) is 9.02. The van der Waals surface area contributed by atoms with Crippen molar-refractivity contribution in [2.24, 2.45) is 5.92 Å². The highest BCUT2D eigenvalue weighted by molar-refractivity contribution is 7.92. The summed E-state index contributed by atoms with van der Waals surface area (Å²) < 4.78 is 31.7. The van der Waals surface area contributed by atoms with Gasteiger partial charge in [-0.3, -0.25) is 14.9 Å². The zero-order valence-electron chi connectivity index (χ0n) is 16.8.